The van der Waals surface area contributed by atoms with Crippen LogP contribution in [-0.2, 0) is 22.6 Å². The molecule has 1 aromatic carbocycles. The number of benzene rings is 1. The fourth-order valence-electron chi connectivity index (χ4n) is 3.82. The molecule has 1 aromatic heterocycles. The highest BCUT2D eigenvalue weighted by molar-refractivity contribution is 7.14. The number of hydrogen-bond acceptors (Lipinski definition) is 5. The molecule has 2 aliphatic heterocycles. The molecule has 158 valence electrons. The highest BCUT2D eigenvalue weighted by Crippen LogP contribution is 2.25. The van der Waals surface area contributed by atoms with Gasteiger partial charge in [0.2, 0.25) is 11.8 Å². The van der Waals surface area contributed by atoms with E-state index < -0.39 is 0 Å². The van der Waals surface area contributed by atoms with Crippen LogP contribution in [0.3, 0.4) is 0 Å². The van der Waals surface area contributed by atoms with Gasteiger partial charge in [0.15, 0.2) is 5.13 Å². The van der Waals surface area contributed by atoms with E-state index in [1.54, 1.807) is 4.90 Å². The van der Waals surface area contributed by atoms with Crippen LogP contribution in [0.4, 0.5) is 5.13 Å². The van der Waals surface area contributed by atoms with Gasteiger partial charge in [-0.15, -0.1) is 11.3 Å². The van der Waals surface area contributed by atoms with Gasteiger partial charge in [-0.2, -0.15) is 0 Å². The van der Waals surface area contributed by atoms with Gasteiger partial charge in [-0.1, -0.05) is 12.1 Å². The van der Waals surface area contributed by atoms with Crippen LogP contribution in [0.15, 0.2) is 29.6 Å². The molecule has 3 heterocycles. The van der Waals surface area contributed by atoms with Crippen LogP contribution < -0.4 is 10.2 Å². The van der Waals surface area contributed by atoms with Crippen molar-refractivity contribution in [2.45, 2.75) is 45.1 Å². The first-order chi connectivity index (χ1) is 14.6. The smallest absolute Gasteiger partial charge is 0.253 e. The fraction of sp³-hybridized carbons (Fsp3) is 0.455. The number of nitrogens with one attached hydrogen (secondary N) is 1. The summed E-state index contributed by atoms with van der Waals surface area (Å²) in [5.74, 6) is 0.0664. The van der Waals surface area contributed by atoms with Crippen molar-refractivity contribution < 1.29 is 14.4 Å². The Labute approximate surface area is 180 Å². The first-order valence-corrected chi connectivity index (χ1v) is 11.4. The fourth-order valence-corrected chi connectivity index (χ4v) is 4.69. The molecule has 1 N–H and O–H groups in total. The van der Waals surface area contributed by atoms with Gasteiger partial charge in [-0.05, 0) is 43.4 Å². The van der Waals surface area contributed by atoms with Gasteiger partial charge in [0.1, 0.15) is 0 Å². The minimum Gasteiger partial charge on any atom is -0.352 e. The number of anilines is 1. The predicted octanol–water partition coefficient (Wildman–Crippen LogP) is 2.75. The maximum atomic E-state index is 12.5. The number of piperidine rings is 1. The zero-order chi connectivity index (χ0) is 20.9. The van der Waals surface area contributed by atoms with Crippen molar-refractivity contribution >= 4 is 34.2 Å². The molecule has 2 fully saturated rings. The van der Waals surface area contributed by atoms with Crippen molar-refractivity contribution in [1.29, 1.82) is 0 Å². The third-order valence-corrected chi connectivity index (χ3v) is 6.43. The largest absolute Gasteiger partial charge is 0.352 e. The third kappa shape index (κ3) is 4.87. The average molecular weight is 427 g/mol. The first kappa shape index (κ1) is 20.5. The highest BCUT2D eigenvalue weighted by Gasteiger charge is 2.24. The molecule has 8 heteroatoms. The number of amides is 3. The molecule has 0 radical (unpaired) electrons. The Hall–Kier alpha value is -2.74. The molecule has 2 aromatic rings. The summed E-state index contributed by atoms with van der Waals surface area (Å²) in [6.45, 7) is 2.77. The van der Waals surface area contributed by atoms with Crippen LogP contribution >= 0.6 is 11.3 Å². The van der Waals surface area contributed by atoms with Crippen molar-refractivity contribution in [3.05, 3.63) is 46.5 Å². The molecule has 2 saturated heterocycles. The van der Waals surface area contributed by atoms with Crippen molar-refractivity contribution in [3.63, 3.8) is 0 Å². The summed E-state index contributed by atoms with van der Waals surface area (Å²) >= 11 is 1.40. The quantitative estimate of drug-likeness (QED) is 0.770. The van der Waals surface area contributed by atoms with Gasteiger partial charge in [0.05, 0.1) is 12.1 Å². The Balaban J connectivity index is 1.26. The Morgan fingerprint density at radius 2 is 1.80 bits per heavy atom. The van der Waals surface area contributed by atoms with Crippen LogP contribution in [0.2, 0.25) is 0 Å². The molecule has 30 heavy (non-hydrogen) atoms. The molecule has 0 unspecified atom stereocenters. The lowest BCUT2D eigenvalue weighted by molar-refractivity contribution is -0.120. The van der Waals surface area contributed by atoms with Gasteiger partial charge in [0, 0.05) is 43.5 Å². The van der Waals surface area contributed by atoms with E-state index in [1.165, 1.54) is 17.8 Å². The predicted molar refractivity (Wildman–Crippen MR) is 115 cm³/mol. The van der Waals surface area contributed by atoms with Crippen LogP contribution in [0.1, 0.15) is 53.7 Å². The second kappa shape index (κ2) is 9.38. The van der Waals surface area contributed by atoms with E-state index in [4.69, 9.17) is 0 Å². The number of carbonyl (C=O) groups excluding carboxylic acids is 3. The van der Waals surface area contributed by atoms with Gasteiger partial charge >= 0.3 is 0 Å². The van der Waals surface area contributed by atoms with E-state index in [0.717, 1.165) is 37.9 Å². The SMILES string of the molecule is O=C(Cc1csc(N2CCCC2=O)n1)NCc1ccc(C(=O)N2CCCCC2)cc1. The Kier molecular flexibility index (Phi) is 6.42. The highest BCUT2D eigenvalue weighted by atomic mass is 32.1. The summed E-state index contributed by atoms with van der Waals surface area (Å²) in [5, 5.41) is 5.41. The Morgan fingerprint density at radius 3 is 2.50 bits per heavy atom. The number of carbonyl (C=O) groups is 3. The Bertz CT molecular complexity index is 919. The van der Waals surface area contributed by atoms with E-state index in [2.05, 4.69) is 10.3 Å². The summed E-state index contributed by atoms with van der Waals surface area (Å²) in [7, 11) is 0. The second-order valence-electron chi connectivity index (χ2n) is 7.77. The van der Waals surface area contributed by atoms with E-state index in [1.807, 2.05) is 34.5 Å². The molecule has 3 amide bonds. The normalized spacial score (nSPS) is 16.7. The van der Waals surface area contributed by atoms with Crippen molar-refractivity contribution in [2.75, 3.05) is 24.5 Å². The van der Waals surface area contributed by atoms with Gasteiger partial charge < -0.3 is 10.2 Å². The summed E-state index contributed by atoms with van der Waals surface area (Å²) in [5.41, 5.74) is 2.31. The first-order valence-electron chi connectivity index (χ1n) is 10.5. The monoisotopic (exact) mass is 426 g/mol. The van der Waals surface area contributed by atoms with Gasteiger partial charge in [-0.3, -0.25) is 19.3 Å². The van der Waals surface area contributed by atoms with E-state index in [0.29, 0.717) is 35.9 Å². The number of nitrogens with zero attached hydrogens (tertiary/aromatic N) is 3. The van der Waals surface area contributed by atoms with Gasteiger partial charge in [0.25, 0.3) is 5.91 Å². The molecular weight excluding hydrogens is 400 g/mol. The van der Waals surface area contributed by atoms with Crippen molar-refractivity contribution in [3.8, 4) is 0 Å². The summed E-state index contributed by atoms with van der Waals surface area (Å²) in [6.07, 6.45) is 4.95. The van der Waals surface area contributed by atoms with Crippen LogP contribution in [0, 0.1) is 0 Å². The standard InChI is InChI=1S/C22H26N4O3S/c27-19(13-18-15-30-22(24-18)26-12-4-5-20(26)28)23-14-16-6-8-17(9-7-16)21(29)25-10-2-1-3-11-25/h6-9,15H,1-5,10-14H2,(H,23,27). The van der Waals surface area contributed by atoms with E-state index >= 15 is 0 Å². The van der Waals surface area contributed by atoms with Crippen LogP contribution in [-0.4, -0.2) is 47.2 Å². The van der Waals surface area contributed by atoms with Crippen LogP contribution in [0.5, 0.6) is 0 Å². The topological polar surface area (TPSA) is 82.6 Å². The number of aromatic nitrogens is 1. The number of thiazole rings is 1. The zero-order valence-electron chi connectivity index (χ0n) is 16.9. The molecule has 0 aliphatic carbocycles. The molecule has 4 rings (SSSR count). The molecule has 0 spiro atoms. The minimum atomic E-state index is -0.118. The zero-order valence-corrected chi connectivity index (χ0v) is 17.7. The number of hydrogen-bond donors (Lipinski definition) is 1. The van der Waals surface area contributed by atoms with E-state index in [-0.39, 0.29) is 24.1 Å². The lowest BCUT2D eigenvalue weighted by atomic mass is 10.1. The summed E-state index contributed by atoms with van der Waals surface area (Å²) in [4.78, 5) is 44.7. The van der Waals surface area contributed by atoms with Crippen LogP contribution in [0.25, 0.3) is 0 Å². The second-order valence-corrected chi connectivity index (χ2v) is 8.61. The molecule has 0 atom stereocenters. The Morgan fingerprint density at radius 1 is 1.03 bits per heavy atom. The van der Waals surface area contributed by atoms with E-state index in [9.17, 15) is 14.4 Å². The van der Waals surface area contributed by atoms with Gasteiger partial charge in [-0.25, -0.2) is 4.98 Å². The molecule has 2 aliphatic rings. The summed E-state index contributed by atoms with van der Waals surface area (Å²) < 4.78 is 0. The maximum Gasteiger partial charge on any atom is 0.253 e. The molecule has 0 saturated carbocycles. The maximum absolute atomic E-state index is 12.5. The minimum absolute atomic E-state index is 0.0844. The number of rotatable bonds is 6. The number of likely N-dealkylation sites (tertiary alicyclic amines) is 1. The van der Waals surface area contributed by atoms with Crippen molar-refractivity contribution in [1.82, 2.24) is 15.2 Å². The lowest BCUT2D eigenvalue weighted by Crippen LogP contribution is -2.35. The third-order valence-electron chi connectivity index (χ3n) is 5.52. The summed E-state index contributed by atoms with van der Waals surface area (Å²) in [6, 6.07) is 7.44. The average Bonchev–Trinajstić information content (AvgIpc) is 3.41. The molecular formula is C22H26N4O3S. The molecule has 0 bridgehead atoms. The van der Waals surface area contributed by atoms with Crippen molar-refractivity contribution in [2.24, 2.45) is 0 Å². The lowest BCUT2D eigenvalue weighted by Gasteiger charge is -2.26. The molecule has 7 nitrogen and oxygen atoms in total.